The van der Waals surface area contributed by atoms with E-state index in [1.165, 1.54) is 57.8 Å². The summed E-state index contributed by atoms with van der Waals surface area (Å²) in [5, 5.41) is 0. The average molecular weight is 210 g/mol. The molecule has 0 aromatic carbocycles. The molecule has 0 unspecified atom stereocenters. The lowest BCUT2D eigenvalue weighted by Crippen LogP contribution is -2.57. The Kier molecular flexibility index (Phi) is 3.68. The van der Waals surface area contributed by atoms with Crippen LogP contribution in [0.1, 0.15) is 57.8 Å². The summed E-state index contributed by atoms with van der Waals surface area (Å²) in [5.74, 6) is 0. The van der Waals surface area contributed by atoms with Crippen LogP contribution in [0.3, 0.4) is 0 Å². The van der Waals surface area contributed by atoms with E-state index in [1.807, 2.05) is 0 Å². The Hall–Kier alpha value is -0.0800. The fraction of sp³-hybridized carbons (Fsp3) is 1.00. The van der Waals surface area contributed by atoms with Crippen molar-refractivity contribution in [3.05, 3.63) is 0 Å². The number of hydrogen-bond acceptors (Lipinski definition) is 2. The third kappa shape index (κ3) is 2.21. The zero-order valence-corrected chi connectivity index (χ0v) is 10.2. The average Bonchev–Trinajstić information content (AvgIpc) is 2.40. The van der Waals surface area contributed by atoms with Gasteiger partial charge in [0, 0.05) is 18.1 Å². The Morgan fingerprint density at radius 3 is 2.07 bits per heavy atom. The Labute approximate surface area is 94.2 Å². The second kappa shape index (κ2) is 4.84. The molecule has 0 bridgehead atoms. The molecule has 2 aliphatic carbocycles. The summed E-state index contributed by atoms with van der Waals surface area (Å²) >= 11 is 0. The summed E-state index contributed by atoms with van der Waals surface area (Å²) in [6.45, 7) is 0.861. The molecule has 0 saturated heterocycles. The van der Waals surface area contributed by atoms with Crippen molar-refractivity contribution in [3.8, 4) is 0 Å². The van der Waals surface area contributed by atoms with Crippen LogP contribution in [0.15, 0.2) is 0 Å². The van der Waals surface area contributed by atoms with Gasteiger partial charge in [-0.3, -0.25) is 4.90 Å². The van der Waals surface area contributed by atoms with Crippen molar-refractivity contribution in [1.29, 1.82) is 0 Å². The minimum Gasteiger partial charge on any atom is -0.329 e. The van der Waals surface area contributed by atoms with Gasteiger partial charge >= 0.3 is 0 Å². The minimum absolute atomic E-state index is 0.349. The quantitative estimate of drug-likeness (QED) is 0.725. The third-order valence-electron chi connectivity index (χ3n) is 4.78. The van der Waals surface area contributed by atoms with Crippen LogP contribution in [0.5, 0.6) is 0 Å². The molecule has 2 nitrogen and oxygen atoms in total. The van der Waals surface area contributed by atoms with Gasteiger partial charge in [-0.2, -0.15) is 0 Å². The summed E-state index contributed by atoms with van der Waals surface area (Å²) in [4.78, 5) is 2.64. The van der Waals surface area contributed by atoms with Crippen molar-refractivity contribution in [1.82, 2.24) is 4.90 Å². The van der Waals surface area contributed by atoms with Crippen LogP contribution < -0.4 is 5.73 Å². The minimum atomic E-state index is 0.349. The first-order valence-electron chi connectivity index (χ1n) is 6.71. The van der Waals surface area contributed by atoms with Crippen molar-refractivity contribution < 1.29 is 0 Å². The van der Waals surface area contributed by atoms with Gasteiger partial charge in [-0.1, -0.05) is 32.1 Å². The standard InChI is InChI=1S/C13H26N2/c1-15(12-7-6-8-12)13(11-14)9-4-2-3-5-10-13/h12H,2-11,14H2,1H3. The van der Waals surface area contributed by atoms with E-state index in [0.717, 1.165) is 12.6 Å². The Balaban J connectivity index is 2.03. The van der Waals surface area contributed by atoms with Crippen LogP contribution in [-0.2, 0) is 0 Å². The molecule has 2 rings (SSSR count). The van der Waals surface area contributed by atoms with E-state index in [-0.39, 0.29) is 0 Å². The van der Waals surface area contributed by atoms with Crippen LogP contribution in [0.4, 0.5) is 0 Å². The van der Waals surface area contributed by atoms with E-state index in [9.17, 15) is 0 Å². The maximum Gasteiger partial charge on any atom is 0.0331 e. The van der Waals surface area contributed by atoms with Crippen LogP contribution >= 0.6 is 0 Å². The Bertz CT molecular complexity index is 191. The van der Waals surface area contributed by atoms with Crippen molar-refractivity contribution in [2.75, 3.05) is 13.6 Å². The molecular weight excluding hydrogens is 184 g/mol. The summed E-state index contributed by atoms with van der Waals surface area (Å²) in [6, 6.07) is 0.839. The number of nitrogens with zero attached hydrogens (tertiary/aromatic N) is 1. The van der Waals surface area contributed by atoms with Crippen molar-refractivity contribution in [2.24, 2.45) is 5.73 Å². The first-order chi connectivity index (χ1) is 7.28. The van der Waals surface area contributed by atoms with Gasteiger partial charge in [0.1, 0.15) is 0 Å². The second-order valence-corrected chi connectivity index (χ2v) is 5.54. The Morgan fingerprint density at radius 1 is 1.07 bits per heavy atom. The molecule has 0 aromatic heterocycles. The molecule has 2 N–H and O–H groups in total. The molecule has 2 fully saturated rings. The van der Waals surface area contributed by atoms with E-state index in [2.05, 4.69) is 11.9 Å². The van der Waals surface area contributed by atoms with Gasteiger partial charge in [-0.05, 0) is 32.7 Å². The summed E-state index contributed by atoms with van der Waals surface area (Å²) in [5.41, 5.74) is 6.43. The van der Waals surface area contributed by atoms with Crippen LogP contribution in [-0.4, -0.2) is 30.1 Å². The summed E-state index contributed by atoms with van der Waals surface area (Å²) in [6.07, 6.45) is 12.5. The lowest BCUT2D eigenvalue weighted by molar-refractivity contribution is 0.0272. The van der Waals surface area contributed by atoms with E-state index in [4.69, 9.17) is 5.73 Å². The SMILES string of the molecule is CN(C1CCC1)C1(CN)CCCCCC1. The molecule has 0 aliphatic heterocycles. The van der Waals surface area contributed by atoms with Gasteiger partial charge in [0.25, 0.3) is 0 Å². The number of likely N-dealkylation sites (N-methyl/N-ethyl adjacent to an activating group) is 1. The smallest absolute Gasteiger partial charge is 0.0331 e. The predicted molar refractivity (Wildman–Crippen MR) is 64.9 cm³/mol. The number of nitrogens with two attached hydrogens (primary N) is 1. The molecule has 88 valence electrons. The van der Waals surface area contributed by atoms with Crippen LogP contribution in [0, 0.1) is 0 Å². The van der Waals surface area contributed by atoms with E-state index in [0.29, 0.717) is 5.54 Å². The lowest BCUT2D eigenvalue weighted by Gasteiger charge is -2.48. The topological polar surface area (TPSA) is 29.3 Å². The van der Waals surface area contributed by atoms with Crippen molar-refractivity contribution >= 4 is 0 Å². The highest BCUT2D eigenvalue weighted by Gasteiger charge is 2.38. The number of rotatable bonds is 3. The van der Waals surface area contributed by atoms with E-state index >= 15 is 0 Å². The normalized spacial score (nSPS) is 27.4. The highest BCUT2D eigenvalue weighted by molar-refractivity contribution is 4.96. The van der Waals surface area contributed by atoms with Crippen molar-refractivity contribution in [2.45, 2.75) is 69.4 Å². The molecule has 0 radical (unpaired) electrons. The molecular formula is C13H26N2. The van der Waals surface area contributed by atoms with E-state index in [1.54, 1.807) is 0 Å². The second-order valence-electron chi connectivity index (χ2n) is 5.54. The fourth-order valence-corrected chi connectivity index (χ4v) is 3.25. The molecule has 0 spiro atoms. The van der Waals surface area contributed by atoms with Gasteiger partial charge in [0.2, 0.25) is 0 Å². The largest absolute Gasteiger partial charge is 0.329 e. The van der Waals surface area contributed by atoms with Crippen LogP contribution in [0.2, 0.25) is 0 Å². The zero-order valence-electron chi connectivity index (χ0n) is 10.2. The number of hydrogen-bond donors (Lipinski definition) is 1. The molecule has 0 amide bonds. The molecule has 2 heteroatoms. The Morgan fingerprint density at radius 2 is 1.67 bits per heavy atom. The molecule has 0 aromatic rings. The maximum atomic E-state index is 6.08. The van der Waals surface area contributed by atoms with Gasteiger partial charge in [-0.15, -0.1) is 0 Å². The first-order valence-corrected chi connectivity index (χ1v) is 6.71. The van der Waals surface area contributed by atoms with Gasteiger partial charge in [0.15, 0.2) is 0 Å². The third-order valence-corrected chi connectivity index (χ3v) is 4.78. The molecule has 0 atom stereocenters. The van der Waals surface area contributed by atoms with E-state index < -0.39 is 0 Å². The highest BCUT2D eigenvalue weighted by Crippen LogP contribution is 2.36. The van der Waals surface area contributed by atoms with Gasteiger partial charge in [-0.25, -0.2) is 0 Å². The predicted octanol–water partition coefficient (Wildman–Crippen LogP) is 2.52. The summed E-state index contributed by atoms with van der Waals surface area (Å²) in [7, 11) is 2.32. The van der Waals surface area contributed by atoms with Gasteiger partial charge in [0.05, 0.1) is 0 Å². The molecule has 2 aliphatic rings. The van der Waals surface area contributed by atoms with Gasteiger partial charge < -0.3 is 5.73 Å². The molecule has 2 saturated carbocycles. The zero-order chi connectivity index (χ0) is 10.7. The maximum absolute atomic E-state index is 6.08. The summed E-state index contributed by atoms with van der Waals surface area (Å²) < 4.78 is 0. The van der Waals surface area contributed by atoms with Crippen molar-refractivity contribution in [3.63, 3.8) is 0 Å². The molecule has 0 heterocycles. The fourth-order valence-electron chi connectivity index (χ4n) is 3.25. The monoisotopic (exact) mass is 210 g/mol. The first kappa shape index (κ1) is 11.4. The van der Waals surface area contributed by atoms with Crippen LogP contribution in [0.25, 0.3) is 0 Å². The lowest BCUT2D eigenvalue weighted by atomic mass is 9.82. The molecule has 15 heavy (non-hydrogen) atoms. The highest BCUT2D eigenvalue weighted by atomic mass is 15.2.